The fraction of sp³-hybridized carbons (Fsp3) is 0.273. The summed E-state index contributed by atoms with van der Waals surface area (Å²) in [7, 11) is 0. The van der Waals surface area contributed by atoms with E-state index in [1.807, 2.05) is 6.08 Å². The van der Waals surface area contributed by atoms with Crippen LogP contribution in [0.2, 0.25) is 0 Å². The monoisotopic (exact) mass is 336 g/mol. The topological polar surface area (TPSA) is 60.7 Å². The van der Waals surface area contributed by atoms with Crippen LogP contribution in [0.3, 0.4) is 0 Å². The molecule has 3 nitrogen and oxygen atoms in total. The first-order chi connectivity index (χ1) is 11.8. The molecule has 0 amide bonds. The van der Waals surface area contributed by atoms with Gasteiger partial charge in [-0.05, 0) is 34.8 Å². The molecule has 0 bridgehead atoms. The molecule has 25 heavy (non-hydrogen) atoms. The third-order valence-electron chi connectivity index (χ3n) is 4.72. The number of benzene rings is 2. The van der Waals surface area contributed by atoms with Gasteiger partial charge in [0.05, 0.1) is 0 Å². The van der Waals surface area contributed by atoms with Crippen molar-refractivity contribution in [2.75, 3.05) is 0 Å². The summed E-state index contributed by atoms with van der Waals surface area (Å²) in [5.41, 5.74) is 3.09. The van der Waals surface area contributed by atoms with E-state index in [1.54, 1.807) is 24.3 Å². The van der Waals surface area contributed by atoms with Crippen molar-refractivity contribution in [3.8, 4) is 11.5 Å². The Labute approximate surface area is 148 Å². The lowest BCUT2D eigenvalue weighted by Gasteiger charge is -2.25. The minimum absolute atomic E-state index is 0.0310. The van der Waals surface area contributed by atoms with Crippen molar-refractivity contribution in [2.24, 2.45) is 5.92 Å². The molecule has 0 saturated heterocycles. The van der Waals surface area contributed by atoms with Crippen molar-refractivity contribution in [2.45, 2.75) is 32.1 Å². The first kappa shape index (κ1) is 17.2. The van der Waals surface area contributed by atoms with E-state index in [0.29, 0.717) is 0 Å². The number of hydrogen-bond donors (Lipinski definition) is 3. The molecule has 2 aromatic carbocycles. The maximum absolute atomic E-state index is 10.4. The summed E-state index contributed by atoms with van der Waals surface area (Å²) < 4.78 is 0. The zero-order valence-corrected chi connectivity index (χ0v) is 14.8. The van der Waals surface area contributed by atoms with E-state index in [4.69, 9.17) is 0 Å². The number of aromatic hydroxyl groups is 2. The Kier molecular flexibility index (Phi) is 4.34. The Bertz CT molecular complexity index is 823. The maximum Gasteiger partial charge on any atom is 0.123 e. The number of allylic oxidation sites excluding steroid dienone is 3. The van der Waals surface area contributed by atoms with Crippen LogP contribution in [0.4, 0.5) is 0 Å². The highest BCUT2D eigenvalue weighted by Gasteiger charge is 2.27. The fourth-order valence-electron chi connectivity index (χ4n) is 3.32. The lowest BCUT2D eigenvalue weighted by molar-refractivity contribution is 0.428. The van der Waals surface area contributed by atoms with Gasteiger partial charge in [0.1, 0.15) is 17.3 Å². The van der Waals surface area contributed by atoms with E-state index >= 15 is 0 Å². The quantitative estimate of drug-likeness (QED) is 0.726. The van der Waals surface area contributed by atoms with Gasteiger partial charge < -0.3 is 15.3 Å². The first-order valence-electron chi connectivity index (χ1n) is 8.47. The Hall–Kier alpha value is -2.68. The summed E-state index contributed by atoms with van der Waals surface area (Å²) >= 11 is 0. The number of rotatable bonds is 3. The lowest BCUT2D eigenvalue weighted by Crippen LogP contribution is -2.13. The summed E-state index contributed by atoms with van der Waals surface area (Å²) in [5.74, 6) is 0.118. The van der Waals surface area contributed by atoms with Crippen molar-refractivity contribution < 1.29 is 15.3 Å². The average Bonchev–Trinajstić information content (AvgIpc) is 2.95. The van der Waals surface area contributed by atoms with Crippen LogP contribution in [-0.4, -0.2) is 15.3 Å². The molecule has 0 fully saturated rings. The number of aliphatic hydroxyl groups is 1. The Morgan fingerprint density at radius 2 is 1.60 bits per heavy atom. The van der Waals surface area contributed by atoms with Crippen molar-refractivity contribution >= 4 is 0 Å². The SMILES string of the molecule is CC(C)(C)c1ccc(C(c2ccc(O)cc2O)C2C=CC(O)=C2)cc1. The second-order valence-electron chi connectivity index (χ2n) is 7.62. The predicted octanol–water partition coefficient (Wildman–Crippen LogP) is 5.16. The molecule has 3 heteroatoms. The van der Waals surface area contributed by atoms with Gasteiger partial charge in [-0.1, -0.05) is 57.2 Å². The lowest BCUT2D eigenvalue weighted by atomic mass is 9.79. The van der Waals surface area contributed by atoms with Gasteiger partial charge in [0.2, 0.25) is 0 Å². The van der Waals surface area contributed by atoms with Gasteiger partial charge >= 0.3 is 0 Å². The third-order valence-corrected chi connectivity index (χ3v) is 4.72. The molecule has 0 radical (unpaired) electrons. The van der Waals surface area contributed by atoms with Gasteiger partial charge in [-0.3, -0.25) is 0 Å². The van der Waals surface area contributed by atoms with Crippen LogP contribution in [0.1, 0.15) is 43.4 Å². The number of aliphatic hydroxyl groups excluding tert-OH is 1. The molecular formula is C22H24O3. The summed E-state index contributed by atoms with van der Waals surface area (Å²) in [6.45, 7) is 6.52. The number of hydrogen-bond acceptors (Lipinski definition) is 3. The van der Waals surface area contributed by atoms with Crippen molar-refractivity contribution in [3.63, 3.8) is 0 Å². The van der Waals surface area contributed by atoms with Crippen LogP contribution < -0.4 is 0 Å². The van der Waals surface area contributed by atoms with Crippen molar-refractivity contribution in [1.29, 1.82) is 0 Å². The molecule has 0 heterocycles. The highest BCUT2D eigenvalue weighted by atomic mass is 16.3. The molecule has 3 N–H and O–H groups in total. The van der Waals surface area contributed by atoms with E-state index < -0.39 is 0 Å². The molecule has 2 unspecified atom stereocenters. The predicted molar refractivity (Wildman–Crippen MR) is 100 cm³/mol. The largest absolute Gasteiger partial charge is 0.508 e. The molecule has 1 aliphatic rings. The molecular weight excluding hydrogens is 312 g/mol. The van der Waals surface area contributed by atoms with E-state index in [9.17, 15) is 15.3 Å². The standard InChI is InChI=1S/C22H24O3/c1-22(2,3)16-7-4-14(5-8-16)21(15-6-9-17(23)12-15)19-11-10-18(24)13-20(19)25/h4-13,15,21,23-25H,1-3H3. The smallest absolute Gasteiger partial charge is 0.123 e. The van der Waals surface area contributed by atoms with Gasteiger partial charge in [-0.2, -0.15) is 0 Å². The second-order valence-corrected chi connectivity index (χ2v) is 7.62. The maximum atomic E-state index is 10.4. The summed E-state index contributed by atoms with van der Waals surface area (Å²) in [6, 6.07) is 13.1. The first-order valence-corrected chi connectivity index (χ1v) is 8.47. The van der Waals surface area contributed by atoms with E-state index in [2.05, 4.69) is 45.0 Å². The van der Waals surface area contributed by atoms with E-state index in [-0.39, 0.29) is 34.5 Å². The summed E-state index contributed by atoms with van der Waals surface area (Å²) in [5, 5.41) is 29.7. The minimum Gasteiger partial charge on any atom is -0.508 e. The minimum atomic E-state index is -0.143. The molecule has 0 aromatic heterocycles. The molecule has 2 aromatic rings. The van der Waals surface area contributed by atoms with Gasteiger partial charge in [0.15, 0.2) is 0 Å². The van der Waals surface area contributed by atoms with Crippen LogP contribution in [0.5, 0.6) is 11.5 Å². The Morgan fingerprint density at radius 1 is 0.920 bits per heavy atom. The summed E-state index contributed by atoms with van der Waals surface area (Å²) in [4.78, 5) is 0. The second kappa shape index (κ2) is 6.32. The molecule has 2 atom stereocenters. The Morgan fingerprint density at radius 3 is 2.12 bits per heavy atom. The molecule has 130 valence electrons. The van der Waals surface area contributed by atoms with Crippen LogP contribution in [0.25, 0.3) is 0 Å². The number of phenols is 2. The summed E-state index contributed by atoms with van der Waals surface area (Å²) in [6.07, 6.45) is 5.40. The zero-order valence-electron chi connectivity index (χ0n) is 14.8. The fourth-order valence-corrected chi connectivity index (χ4v) is 3.32. The molecule has 0 saturated carbocycles. The molecule has 0 aliphatic heterocycles. The van der Waals surface area contributed by atoms with Crippen LogP contribution >= 0.6 is 0 Å². The normalized spacial score (nSPS) is 18.2. The van der Waals surface area contributed by atoms with E-state index in [0.717, 1.165) is 11.1 Å². The van der Waals surface area contributed by atoms with Crippen LogP contribution in [-0.2, 0) is 5.41 Å². The van der Waals surface area contributed by atoms with Crippen LogP contribution in [0, 0.1) is 5.92 Å². The molecule has 1 aliphatic carbocycles. The van der Waals surface area contributed by atoms with Gasteiger partial charge in [0, 0.05) is 23.5 Å². The van der Waals surface area contributed by atoms with E-state index in [1.165, 1.54) is 11.6 Å². The van der Waals surface area contributed by atoms with Crippen molar-refractivity contribution in [1.82, 2.24) is 0 Å². The molecule has 3 rings (SSSR count). The van der Waals surface area contributed by atoms with Crippen molar-refractivity contribution in [3.05, 3.63) is 83.1 Å². The van der Waals surface area contributed by atoms with Gasteiger partial charge in [-0.15, -0.1) is 0 Å². The highest BCUT2D eigenvalue weighted by molar-refractivity contribution is 5.48. The van der Waals surface area contributed by atoms with Gasteiger partial charge in [-0.25, -0.2) is 0 Å². The Balaban J connectivity index is 2.07. The highest BCUT2D eigenvalue weighted by Crippen LogP contribution is 2.41. The number of phenolic OH excluding ortho intramolecular Hbond substituents is 2. The van der Waals surface area contributed by atoms with Gasteiger partial charge in [0.25, 0.3) is 0 Å². The van der Waals surface area contributed by atoms with Crippen LogP contribution in [0.15, 0.2) is 66.5 Å². The third kappa shape index (κ3) is 3.55. The zero-order chi connectivity index (χ0) is 18.2. The average molecular weight is 336 g/mol. The molecule has 0 spiro atoms.